The fourth-order valence-electron chi connectivity index (χ4n) is 2.05. The van der Waals surface area contributed by atoms with E-state index in [1.54, 1.807) is 0 Å². The van der Waals surface area contributed by atoms with Gasteiger partial charge in [-0.2, -0.15) is 0 Å². The van der Waals surface area contributed by atoms with Crippen molar-refractivity contribution in [2.75, 3.05) is 6.54 Å². The van der Waals surface area contributed by atoms with E-state index in [2.05, 4.69) is 33.0 Å². The summed E-state index contributed by atoms with van der Waals surface area (Å²) in [5.74, 6) is 0.881. The smallest absolute Gasteiger partial charge is 0.00950 e. The van der Waals surface area contributed by atoms with Crippen molar-refractivity contribution in [3.8, 4) is 0 Å². The molecule has 0 rings (SSSR count). The maximum Gasteiger partial charge on any atom is 0.00950 e. The highest BCUT2D eigenvalue weighted by molar-refractivity contribution is 4.73. The summed E-state index contributed by atoms with van der Waals surface area (Å²) in [7, 11) is 0. The predicted molar refractivity (Wildman–Crippen MR) is 61.1 cm³/mol. The van der Waals surface area contributed by atoms with Crippen molar-refractivity contribution in [2.24, 2.45) is 5.92 Å². The van der Waals surface area contributed by atoms with E-state index in [1.165, 1.54) is 32.1 Å². The van der Waals surface area contributed by atoms with Crippen molar-refractivity contribution >= 4 is 0 Å². The Labute approximate surface area is 84.3 Å². The average molecular weight is 185 g/mol. The second-order valence-electron chi connectivity index (χ2n) is 3.88. The van der Waals surface area contributed by atoms with Crippen LogP contribution in [0.3, 0.4) is 0 Å². The highest BCUT2D eigenvalue weighted by Crippen LogP contribution is 2.17. The van der Waals surface area contributed by atoms with Crippen molar-refractivity contribution < 1.29 is 0 Å². The lowest BCUT2D eigenvalue weighted by molar-refractivity contribution is 0.316. The van der Waals surface area contributed by atoms with Crippen molar-refractivity contribution in [1.29, 1.82) is 0 Å². The van der Waals surface area contributed by atoms with E-state index in [1.807, 2.05) is 0 Å². The van der Waals surface area contributed by atoms with Crippen molar-refractivity contribution in [3.63, 3.8) is 0 Å². The normalized spacial score (nSPS) is 13.6. The molecule has 0 saturated heterocycles. The van der Waals surface area contributed by atoms with Crippen LogP contribution in [-0.2, 0) is 0 Å². The molecule has 0 bridgehead atoms. The SMILES string of the molecule is CCCCC(NCC)C(CC)CC. The van der Waals surface area contributed by atoms with Crippen LogP contribution in [0.25, 0.3) is 0 Å². The Balaban J connectivity index is 3.88. The third kappa shape index (κ3) is 5.30. The Hall–Kier alpha value is -0.0400. The Morgan fingerprint density at radius 1 is 1.00 bits per heavy atom. The van der Waals surface area contributed by atoms with Crippen LogP contribution in [0.5, 0.6) is 0 Å². The third-order valence-electron chi connectivity index (χ3n) is 2.95. The minimum Gasteiger partial charge on any atom is -0.314 e. The molecule has 0 spiro atoms. The minimum atomic E-state index is 0.764. The quantitative estimate of drug-likeness (QED) is 0.609. The zero-order valence-corrected chi connectivity index (χ0v) is 9.90. The van der Waals surface area contributed by atoms with Gasteiger partial charge >= 0.3 is 0 Å². The fraction of sp³-hybridized carbons (Fsp3) is 1.00. The summed E-state index contributed by atoms with van der Waals surface area (Å²) in [4.78, 5) is 0. The van der Waals surface area contributed by atoms with Crippen LogP contribution < -0.4 is 5.32 Å². The van der Waals surface area contributed by atoms with Gasteiger partial charge in [0.2, 0.25) is 0 Å². The van der Waals surface area contributed by atoms with Gasteiger partial charge < -0.3 is 5.32 Å². The van der Waals surface area contributed by atoms with Gasteiger partial charge in [-0.05, 0) is 18.9 Å². The number of rotatable bonds is 8. The molecule has 0 aliphatic carbocycles. The number of nitrogens with one attached hydrogen (secondary N) is 1. The van der Waals surface area contributed by atoms with E-state index in [0.29, 0.717) is 0 Å². The summed E-state index contributed by atoms with van der Waals surface area (Å²) < 4.78 is 0. The number of hydrogen-bond donors (Lipinski definition) is 1. The van der Waals surface area contributed by atoms with Crippen LogP contribution in [0.15, 0.2) is 0 Å². The Morgan fingerprint density at radius 2 is 1.62 bits per heavy atom. The molecule has 1 N–H and O–H groups in total. The van der Waals surface area contributed by atoms with Crippen LogP contribution in [0.2, 0.25) is 0 Å². The van der Waals surface area contributed by atoms with Crippen LogP contribution in [-0.4, -0.2) is 12.6 Å². The van der Waals surface area contributed by atoms with Crippen molar-refractivity contribution in [2.45, 2.75) is 65.8 Å². The molecule has 0 heterocycles. The summed E-state index contributed by atoms with van der Waals surface area (Å²) >= 11 is 0. The van der Waals surface area contributed by atoms with Crippen LogP contribution >= 0.6 is 0 Å². The molecule has 0 amide bonds. The monoisotopic (exact) mass is 185 g/mol. The minimum absolute atomic E-state index is 0.764. The largest absolute Gasteiger partial charge is 0.314 e. The first kappa shape index (κ1) is 13.0. The molecule has 1 unspecified atom stereocenters. The molecule has 0 aromatic carbocycles. The molecule has 0 saturated carbocycles. The van der Waals surface area contributed by atoms with Gasteiger partial charge in [-0.25, -0.2) is 0 Å². The zero-order valence-electron chi connectivity index (χ0n) is 9.90. The number of unbranched alkanes of at least 4 members (excludes halogenated alkanes) is 1. The Kier molecular flexibility index (Phi) is 8.53. The summed E-state index contributed by atoms with van der Waals surface area (Å²) in [6, 6.07) is 0.764. The van der Waals surface area contributed by atoms with Crippen molar-refractivity contribution in [3.05, 3.63) is 0 Å². The molecule has 1 nitrogen and oxygen atoms in total. The highest BCUT2D eigenvalue weighted by Gasteiger charge is 2.15. The summed E-state index contributed by atoms with van der Waals surface area (Å²) in [5.41, 5.74) is 0. The Bertz CT molecular complexity index is 97.3. The average Bonchev–Trinajstić information content (AvgIpc) is 2.16. The lowest BCUT2D eigenvalue weighted by atomic mass is 9.90. The predicted octanol–water partition coefficient (Wildman–Crippen LogP) is 3.59. The molecule has 0 radical (unpaired) electrons. The van der Waals surface area contributed by atoms with E-state index in [9.17, 15) is 0 Å². The second-order valence-corrected chi connectivity index (χ2v) is 3.88. The second kappa shape index (κ2) is 8.55. The van der Waals surface area contributed by atoms with Gasteiger partial charge in [-0.1, -0.05) is 53.4 Å². The molecule has 80 valence electrons. The van der Waals surface area contributed by atoms with Gasteiger partial charge in [-0.3, -0.25) is 0 Å². The van der Waals surface area contributed by atoms with E-state index < -0.39 is 0 Å². The van der Waals surface area contributed by atoms with Gasteiger partial charge in [0.05, 0.1) is 0 Å². The van der Waals surface area contributed by atoms with E-state index in [0.717, 1.165) is 18.5 Å². The van der Waals surface area contributed by atoms with Gasteiger partial charge in [0, 0.05) is 6.04 Å². The molecular formula is C12H27N. The zero-order chi connectivity index (χ0) is 10.1. The molecule has 1 atom stereocenters. The molecule has 13 heavy (non-hydrogen) atoms. The molecule has 0 aromatic rings. The molecule has 0 aliphatic heterocycles. The fourth-order valence-corrected chi connectivity index (χ4v) is 2.05. The lowest BCUT2D eigenvalue weighted by Gasteiger charge is -2.26. The first-order chi connectivity index (χ1) is 6.29. The van der Waals surface area contributed by atoms with Gasteiger partial charge in [0.1, 0.15) is 0 Å². The highest BCUT2D eigenvalue weighted by atomic mass is 14.9. The van der Waals surface area contributed by atoms with Gasteiger partial charge in [0.15, 0.2) is 0 Å². The standard InChI is InChI=1S/C12H27N/c1-5-9-10-12(13-8-4)11(6-2)7-3/h11-13H,5-10H2,1-4H3. The van der Waals surface area contributed by atoms with Gasteiger partial charge in [-0.15, -0.1) is 0 Å². The first-order valence-corrected chi connectivity index (χ1v) is 6.03. The van der Waals surface area contributed by atoms with E-state index in [-0.39, 0.29) is 0 Å². The summed E-state index contributed by atoms with van der Waals surface area (Å²) in [6.45, 7) is 10.2. The Morgan fingerprint density at radius 3 is 2.00 bits per heavy atom. The van der Waals surface area contributed by atoms with Crippen LogP contribution in [0, 0.1) is 5.92 Å². The van der Waals surface area contributed by atoms with Crippen LogP contribution in [0.4, 0.5) is 0 Å². The van der Waals surface area contributed by atoms with Crippen molar-refractivity contribution in [1.82, 2.24) is 5.32 Å². The van der Waals surface area contributed by atoms with E-state index in [4.69, 9.17) is 0 Å². The molecule has 0 aliphatic rings. The maximum atomic E-state index is 3.62. The number of hydrogen-bond acceptors (Lipinski definition) is 1. The lowest BCUT2D eigenvalue weighted by Crippen LogP contribution is -2.35. The molecule has 0 aromatic heterocycles. The van der Waals surface area contributed by atoms with E-state index >= 15 is 0 Å². The maximum absolute atomic E-state index is 3.62. The summed E-state index contributed by atoms with van der Waals surface area (Å²) in [6.07, 6.45) is 6.68. The first-order valence-electron chi connectivity index (χ1n) is 6.03. The molecular weight excluding hydrogens is 158 g/mol. The summed E-state index contributed by atoms with van der Waals surface area (Å²) in [5, 5.41) is 3.62. The topological polar surface area (TPSA) is 12.0 Å². The van der Waals surface area contributed by atoms with Crippen LogP contribution in [0.1, 0.15) is 59.8 Å². The van der Waals surface area contributed by atoms with Gasteiger partial charge in [0.25, 0.3) is 0 Å². The molecule has 1 heteroatoms. The third-order valence-corrected chi connectivity index (χ3v) is 2.95. The molecule has 0 fully saturated rings.